The quantitative estimate of drug-likeness (QED) is 0.859. The number of aromatic amines is 1. The first-order chi connectivity index (χ1) is 8.59. The van der Waals surface area contributed by atoms with Crippen molar-refractivity contribution in [3.8, 4) is 5.69 Å². The Balaban J connectivity index is 2.34. The molecule has 2 rings (SSSR count). The minimum atomic E-state index is -0.979. The summed E-state index contributed by atoms with van der Waals surface area (Å²) in [6.07, 6.45) is 1.38. The lowest BCUT2D eigenvalue weighted by molar-refractivity contribution is -0.136. The number of nitrogens with zero attached hydrogens (tertiary/aromatic N) is 1. The highest BCUT2D eigenvalue weighted by molar-refractivity contribution is 5.67. The number of aliphatic carboxylic acids is 1. The molecule has 5 nitrogen and oxygen atoms in total. The molecule has 0 aliphatic rings. The van der Waals surface area contributed by atoms with Crippen LogP contribution in [-0.2, 0) is 11.2 Å². The van der Waals surface area contributed by atoms with Gasteiger partial charge in [-0.15, -0.1) is 0 Å². The van der Waals surface area contributed by atoms with Crippen molar-refractivity contribution in [1.82, 2.24) is 9.78 Å². The van der Waals surface area contributed by atoms with Gasteiger partial charge < -0.3 is 5.11 Å². The smallest absolute Gasteiger partial charge is 0.303 e. The number of hydrogen-bond acceptors (Lipinski definition) is 2. The minimum absolute atomic E-state index is 0.115. The van der Waals surface area contributed by atoms with E-state index in [0.717, 1.165) is 4.68 Å². The summed E-state index contributed by atoms with van der Waals surface area (Å²) < 4.78 is 14.6. The van der Waals surface area contributed by atoms with Crippen LogP contribution in [0.2, 0.25) is 0 Å². The second-order valence-corrected chi connectivity index (χ2v) is 3.78. The second-order valence-electron chi connectivity index (χ2n) is 3.78. The molecule has 1 aromatic carbocycles. The molecular formula is C12H11FN2O3. The van der Waals surface area contributed by atoms with Crippen molar-refractivity contribution in [1.29, 1.82) is 0 Å². The first-order valence-corrected chi connectivity index (χ1v) is 5.35. The zero-order valence-electron chi connectivity index (χ0n) is 9.39. The Hall–Kier alpha value is -2.37. The molecule has 0 aliphatic carbocycles. The van der Waals surface area contributed by atoms with E-state index in [1.807, 2.05) is 0 Å². The fraction of sp³-hybridized carbons (Fsp3) is 0.167. The fourth-order valence-corrected chi connectivity index (χ4v) is 1.64. The Morgan fingerprint density at radius 2 is 2.11 bits per heavy atom. The molecule has 1 aromatic heterocycles. The van der Waals surface area contributed by atoms with Crippen molar-refractivity contribution in [2.45, 2.75) is 12.8 Å². The molecule has 0 radical (unpaired) electrons. The van der Waals surface area contributed by atoms with Gasteiger partial charge in [0.05, 0.1) is 0 Å². The maximum Gasteiger partial charge on any atom is 0.303 e. The highest BCUT2D eigenvalue weighted by Crippen LogP contribution is 2.10. The normalized spacial score (nSPS) is 10.5. The van der Waals surface area contributed by atoms with Crippen LogP contribution in [0.25, 0.3) is 5.69 Å². The van der Waals surface area contributed by atoms with E-state index in [1.165, 1.54) is 24.4 Å². The van der Waals surface area contributed by atoms with Crippen LogP contribution in [0.5, 0.6) is 0 Å². The van der Waals surface area contributed by atoms with Crippen molar-refractivity contribution in [3.05, 3.63) is 52.2 Å². The van der Waals surface area contributed by atoms with Crippen LogP contribution >= 0.6 is 0 Å². The maximum atomic E-state index is 13.5. The number of H-pyrrole nitrogens is 1. The zero-order valence-corrected chi connectivity index (χ0v) is 9.39. The lowest BCUT2D eigenvalue weighted by Gasteiger charge is -2.01. The molecule has 18 heavy (non-hydrogen) atoms. The summed E-state index contributed by atoms with van der Waals surface area (Å²) >= 11 is 0. The molecule has 6 heteroatoms. The molecular weight excluding hydrogens is 239 g/mol. The maximum absolute atomic E-state index is 13.5. The van der Waals surface area contributed by atoms with Gasteiger partial charge in [-0.1, -0.05) is 12.1 Å². The van der Waals surface area contributed by atoms with Crippen molar-refractivity contribution in [3.63, 3.8) is 0 Å². The predicted octanol–water partition coefficient (Wildman–Crippen LogP) is 1.32. The molecule has 0 spiro atoms. The number of rotatable bonds is 4. The molecule has 0 bridgehead atoms. The summed E-state index contributed by atoms with van der Waals surface area (Å²) in [5, 5.41) is 11.2. The Kier molecular flexibility index (Phi) is 3.27. The van der Waals surface area contributed by atoms with Crippen LogP contribution in [0.4, 0.5) is 4.39 Å². The van der Waals surface area contributed by atoms with Gasteiger partial charge in [-0.25, -0.2) is 9.07 Å². The summed E-state index contributed by atoms with van der Waals surface area (Å²) in [6, 6.07) is 5.86. The third-order valence-corrected chi connectivity index (χ3v) is 2.55. The highest BCUT2D eigenvalue weighted by atomic mass is 19.1. The molecule has 0 amide bonds. The molecule has 2 aromatic rings. The van der Waals surface area contributed by atoms with E-state index < -0.39 is 17.3 Å². The molecule has 0 aliphatic heterocycles. The van der Waals surface area contributed by atoms with E-state index in [1.54, 1.807) is 6.07 Å². The Morgan fingerprint density at radius 3 is 2.78 bits per heavy atom. The largest absolute Gasteiger partial charge is 0.481 e. The van der Waals surface area contributed by atoms with E-state index in [0.29, 0.717) is 5.56 Å². The number of aromatic nitrogens is 2. The molecule has 0 saturated carbocycles. The number of benzene rings is 1. The summed E-state index contributed by atoms with van der Waals surface area (Å²) in [7, 11) is 0. The number of aryl methyl sites for hydroxylation is 1. The van der Waals surface area contributed by atoms with Crippen molar-refractivity contribution >= 4 is 5.97 Å². The monoisotopic (exact) mass is 250 g/mol. The van der Waals surface area contributed by atoms with E-state index in [4.69, 9.17) is 5.11 Å². The van der Waals surface area contributed by atoms with Crippen molar-refractivity contribution in [2.24, 2.45) is 0 Å². The third kappa shape index (κ3) is 2.32. The van der Waals surface area contributed by atoms with Crippen LogP contribution in [0, 0.1) is 5.82 Å². The van der Waals surface area contributed by atoms with Gasteiger partial charge in [0.1, 0.15) is 11.5 Å². The Bertz CT molecular complexity index is 630. The number of hydrogen-bond donors (Lipinski definition) is 2. The topological polar surface area (TPSA) is 75.1 Å². The summed E-state index contributed by atoms with van der Waals surface area (Å²) in [5.74, 6) is -1.50. The predicted molar refractivity (Wildman–Crippen MR) is 62.3 cm³/mol. The van der Waals surface area contributed by atoms with Crippen molar-refractivity contribution in [2.75, 3.05) is 0 Å². The molecule has 0 unspecified atom stereocenters. The SMILES string of the molecule is O=C(O)CCc1c[nH]n(-c2ccccc2F)c1=O. The second kappa shape index (κ2) is 4.87. The first kappa shape index (κ1) is 12.1. The van der Waals surface area contributed by atoms with Gasteiger partial charge in [0.25, 0.3) is 5.56 Å². The third-order valence-electron chi connectivity index (χ3n) is 2.55. The van der Waals surface area contributed by atoms with Crippen molar-refractivity contribution < 1.29 is 14.3 Å². The average molecular weight is 250 g/mol. The lowest BCUT2D eigenvalue weighted by atomic mass is 10.2. The van der Waals surface area contributed by atoms with Crippen LogP contribution in [0.15, 0.2) is 35.3 Å². The first-order valence-electron chi connectivity index (χ1n) is 5.35. The number of nitrogens with one attached hydrogen (secondary N) is 1. The van der Waals surface area contributed by atoms with E-state index in [-0.39, 0.29) is 18.5 Å². The van der Waals surface area contributed by atoms with Gasteiger partial charge in [0.2, 0.25) is 0 Å². The van der Waals surface area contributed by atoms with Crippen LogP contribution in [0.3, 0.4) is 0 Å². The van der Waals surface area contributed by atoms with Gasteiger partial charge in [-0.3, -0.25) is 14.7 Å². The highest BCUT2D eigenvalue weighted by Gasteiger charge is 2.11. The van der Waals surface area contributed by atoms with Crippen LogP contribution in [0.1, 0.15) is 12.0 Å². The number of carbonyl (C=O) groups is 1. The van der Waals surface area contributed by atoms with E-state index in [9.17, 15) is 14.0 Å². The van der Waals surface area contributed by atoms with Gasteiger partial charge in [0, 0.05) is 18.2 Å². The number of para-hydroxylation sites is 1. The van der Waals surface area contributed by atoms with Gasteiger partial charge in [-0.2, -0.15) is 0 Å². The number of carboxylic acid groups (broad SMARTS) is 1. The zero-order chi connectivity index (χ0) is 13.1. The van der Waals surface area contributed by atoms with Gasteiger partial charge >= 0.3 is 5.97 Å². The summed E-state index contributed by atoms with van der Waals surface area (Å²) in [6.45, 7) is 0. The molecule has 1 heterocycles. The van der Waals surface area contributed by atoms with Crippen LogP contribution < -0.4 is 5.56 Å². The summed E-state index contributed by atoms with van der Waals surface area (Å²) in [4.78, 5) is 22.3. The molecule has 94 valence electrons. The molecule has 0 atom stereocenters. The number of carboxylic acids is 1. The molecule has 2 N–H and O–H groups in total. The van der Waals surface area contributed by atoms with Gasteiger partial charge in [-0.05, 0) is 18.6 Å². The number of halogens is 1. The average Bonchev–Trinajstić information content (AvgIpc) is 2.69. The van der Waals surface area contributed by atoms with E-state index >= 15 is 0 Å². The van der Waals surface area contributed by atoms with Gasteiger partial charge in [0.15, 0.2) is 0 Å². The minimum Gasteiger partial charge on any atom is -0.481 e. The fourth-order valence-electron chi connectivity index (χ4n) is 1.64. The standard InChI is InChI=1S/C12H11FN2O3/c13-9-3-1-2-4-10(9)15-12(18)8(7-14-15)5-6-11(16)17/h1-4,7,14H,5-6H2,(H,16,17). The molecule has 0 fully saturated rings. The lowest BCUT2D eigenvalue weighted by Crippen LogP contribution is -2.18. The van der Waals surface area contributed by atoms with Crippen LogP contribution in [-0.4, -0.2) is 20.9 Å². The Morgan fingerprint density at radius 1 is 1.39 bits per heavy atom. The molecule has 0 saturated heterocycles. The Labute approximate surface area is 101 Å². The van der Waals surface area contributed by atoms with E-state index in [2.05, 4.69) is 5.10 Å². The summed E-state index contributed by atoms with van der Waals surface area (Å²) in [5.41, 5.74) is 0.00563.